The van der Waals surface area contributed by atoms with Crippen LogP contribution in [0.1, 0.15) is 63.9 Å². The molecule has 3 nitrogen and oxygen atoms in total. The van der Waals surface area contributed by atoms with Crippen LogP contribution in [0.4, 0.5) is 0 Å². The molecule has 5 heteroatoms. The second-order valence-corrected chi connectivity index (χ2v) is 20.1. The number of aromatic nitrogens is 2. The Labute approximate surface area is 201 Å². The lowest BCUT2D eigenvalue weighted by Gasteiger charge is -2.16. The molecule has 0 bridgehead atoms. The van der Waals surface area contributed by atoms with Crippen LogP contribution < -0.4 is 4.74 Å². The Morgan fingerprint density at radius 3 is 1.81 bits per heavy atom. The fraction of sp³-hybridized carbons (Fsp3) is 0.630. The van der Waals surface area contributed by atoms with Gasteiger partial charge in [-0.3, -0.25) is 0 Å². The summed E-state index contributed by atoms with van der Waals surface area (Å²) in [5.74, 6) is 1.68. The van der Waals surface area contributed by atoms with Crippen molar-refractivity contribution < 1.29 is 4.74 Å². The maximum atomic E-state index is 5.82. The van der Waals surface area contributed by atoms with Crippen molar-refractivity contribution in [2.45, 2.75) is 104 Å². The summed E-state index contributed by atoms with van der Waals surface area (Å²) in [6.45, 7) is 17.3. The molecule has 0 amide bonds. The molecule has 0 saturated heterocycles. The molecule has 0 aliphatic carbocycles. The molecule has 1 aromatic carbocycles. The summed E-state index contributed by atoms with van der Waals surface area (Å²) < 4.78 is 5.82. The fourth-order valence-corrected chi connectivity index (χ4v) is 13.7. The summed E-state index contributed by atoms with van der Waals surface area (Å²) in [4.78, 5) is 8.70. The van der Waals surface area contributed by atoms with Gasteiger partial charge in [0.15, 0.2) is 5.82 Å². The average Bonchev–Trinajstić information content (AvgIpc) is 2.72. The first kappa shape index (κ1) is 28.6. The van der Waals surface area contributed by atoms with E-state index in [2.05, 4.69) is 49.6 Å². The molecule has 0 N–H and O–H groups in total. The quantitative estimate of drug-likeness (QED) is 0.217. The molecule has 1 heterocycles. The minimum Gasteiger partial charge on any atom is -0.494 e. The average molecular weight is 473 g/mol. The fourth-order valence-electron chi connectivity index (χ4n) is 3.89. The second kappa shape index (κ2) is 16.2. The third kappa shape index (κ3) is 14.6. The number of hydrogen-bond acceptors (Lipinski definition) is 3. The van der Waals surface area contributed by atoms with E-state index in [1.54, 1.807) is 5.67 Å². The number of rotatable bonds is 13. The Kier molecular flexibility index (Phi) is 14.5. The third-order valence-electron chi connectivity index (χ3n) is 5.18. The molecule has 0 aliphatic heterocycles. The number of aryl methyl sites for hydroxylation is 1. The molecule has 1 aromatic heterocycles. The maximum absolute atomic E-state index is 5.82. The van der Waals surface area contributed by atoms with Gasteiger partial charge in [0.25, 0.3) is 0 Å². The molecule has 0 aliphatic rings. The number of hydrogen-bond donors (Lipinski definition) is 0. The minimum atomic E-state index is -0.659. The summed E-state index contributed by atoms with van der Waals surface area (Å²) in [6.07, 6.45) is 14.3. The lowest BCUT2D eigenvalue weighted by atomic mass is 10.1. The molecule has 0 fully saturated rings. The van der Waals surface area contributed by atoms with Crippen LogP contribution in [-0.4, -0.2) is 33.4 Å². The molecule has 0 unspecified atom stereocenters. The van der Waals surface area contributed by atoms with Crippen molar-refractivity contribution >= 4 is 16.9 Å². The molecule has 0 saturated carbocycles. The van der Waals surface area contributed by atoms with Crippen molar-refractivity contribution in [3.63, 3.8) is 0 Å². The Morgan fingerprint density at radius 1 is 0.812 bits per heavy atom. The molecule has 0 radical (unpaired) electrons. The van der Waals surface area contributed by atoms with Crippen LogP contribution in [0.15, 0.2) is 36.7 Å². The van der Waals surface area contributed by atoms with Gasteiger partial charge >= 0.3 is 0 Å². The molecule has 2 rings (SSSR count). The SMILES string of the molecule is CCCCCCCCCCOc1ccc(-c2ncc(C)cn2)cc1.C[SiH](C)C[Si](C)(C)C. The van der Waals surface area contributed by atoms with Crippen molar-refractivity contribution in [3.05, 3.63) is 42.2 Å². The van der Waals surface area contributed by atoms with Crippen LogP contribution >= 0.6 is 0 Å². The zero-order valence-corrected chi connectivity index (χ0v) is 24.1. The Bertz CT molecular complexity index is 710. The van der Waals surface area contributed by atoms with Crippen LogP contribution in [0.2, 0.25) is 38.4 Å². The number of ether oxygens (including phenoxy) is 1. The van der Waals surface area contributed by atoms with Gasteiger partial charge in [0, 0.05) is 34.8 Å². The van der Waals surface area contributed by atoms with Crippen LogP contribution in [0.3, 0.4) is 0 Å². The smallest absolute Gasteiger partial charge is 0.159 e. The van der Waals surface area contributed by atoms with E-state index in [-0.39, 0.29) is 8.80 Å². The predicted molar refractivity (Wildman–Crippen MR) is 147 cm³/mol. The predicted octanol–water partition coefficient (Wildman–Crippen LogP) is 8.32. The van der Waals surface area contributed by atoms with E-state index in [0.717, 1.165) is 35.7 Å². The van der Waals surface area contributed by atoms with Gasteiger partial charge < -0.3 is 4.74 Å². The van der Waals surface area contributed by atoms with E-state index in [0.29, 0.717) is 0 Å². The normalized spacial score (nSPS) is 11.2. The van der Waals surface area contributed by atoms with Crippen molar-refractivity contribution in [3.8, 4) is 17.1 Å². The number of benzene rings is 1. The van der Waals surface area contributed by atoms with Crippen LogP contribution in [0, 0.1) is 6.92 Å². The van der Waals surface area contributed by atoms with Crippen molar-refractivity contribution in [1.82, 2.24) is 9.97 Å². The van der Waals surface area contributed by atoms with Gasteiger partial charge in [-0.2, -0.15) is 0 Å². The summed E-state index contributed by atoms with van der Waals surface area (Å²) in [5, 5.41) is 0. The van der Waals surface area contributed by atoms with Gasteiger partial charge in [-0.1, -0.05) is 90.3 Å². The maximum Gasteiger partial charge on any atom is 0.159 e. The molecule has 2 aromatic rings. The largest absolute Gasteiger partial charge is 0.494 e. The van der Waals surface area contributed by atoms with Crippen LogP contribution in [0.25, 0.3) is 11.4 Å². The second-order valence-electron chi connectivity index (χ2n) is 10.6. The molecular weight excluding hydrogens is 424 g/mol. The van der Waals surface area contributed by atoms with E-state index in [4.69, 9.17) is 4.74 Å². The topological polar surface area (TPSA) is 35.0 Å². The monoisotopic (exact) mass is 472 g/mol. The van der Waals surface area contributed by atoms with E-state index >= 15 is 0 Å². The Balaban J connectivity index is 0.000000547. The van der Waals surface area contributed by atoms with Crippen LogP contribution in [0.5, 0.6) is 5.75 Å². The molecule has 0 spiro atoms. The van der Waals surface area contributed by atoms with Gasteiger partial charge in [0.2, 0.25) is 0 Å². The van der Waals surface area contributed by atoms with Gasteiger partial charge in [0.1, 0.15) is 5.75 Å². The molecule has 0 atom stereocenters. The standard InChI is InChI=1S/C21H30N2O.C6H18Si2/c1-3-4-5-6-7-8-9-10-15-24-20-13-11-19(12-14-20)21-22-16-18(2)17-23-21;1-7(2)6-8(3,4)5/h11-14,16-17H,3-10,15H2,1-2H3;7H,6H2,1-5H3. The highest BCUT2D eigenvalue weighted by molar-refractivity contribution is 6.86. The van der Waals surface area contributed by atoms with Crippen LogP contribution in [-0.2, 0) is 0 Å². The highest BCUT2D eigenvalue weighted by Crippen LogP contribution is 2.19. The third-order valence-corrected chi connectivity index (χ3v) is 13.3. The van der Waals surface area contributed by atoms with E-state index in [9.17, 15) is 0 Å². The highest BCUT2D eigenvalue weighted by atomic mass is 28.4. The molecule has 180 valence electrons. The number of nitrogens with zero attached hydrogens (tertiary/aromatic N) is 2. The van der Waals surface area contributed by atoms with E-state index < -0.39 is 8.07 Å². The summed E-state index contributed by atoms with van der Waals surface area (Å²) >= 11 is 0. The Hall–Kier alpha value is -1.47. The molecule has 32 heavy (non-hydrogen) atoms. The first-order valence-electron chi connectivity index (χ1n) is 12.7. The first-order valence-corrected chi connectivity index (χ1v) is 19.6. The lowest BCUT2D eigenvalue weighted by molar-refractivity contribution is 0.304. The van der Waals surface area contributed by atoms with Gasteiger partial charge in [-0.25, -0.2) is 9.97 Å². The van der Waals surface area contributed by atoms with Crippen molar-refractivity contribution in [1.29, 1.82) is 0 Å². The minimum absolute atomic E-state index is 0.234. The first-order chi connectivity index (χ1) is 15.2. The summed E-state index contributed by atoms with van der Waals surface area (Å²) in [5.41, 5.74) is 3.70. The van der Waals surface area contributed by atoms with Gasteiger partial charge in [0.05, 0.1) is 6.61 Å². The van der Waals surface area contributed by atoms with Crippen molar-refractivity contribution in [2.24, 2.45) is 0 Å². The zero-order valence-electron chi connectivity index (χ0n) is 21.9. The summed E-state index contributed by atoms with van der Waals surface area (Å²) in [7, 11) is -0.892. The van der Waals surface area contributed by atoms with Gasteiger partial charge in [-0.05, 0) is 43.2 Å². The zero-order chi connectivity index (χ0) is 23.8. The van der Waals surface area contributed by atoms with E-state index in [1.807, 2.05) is 43.6 Å². The van der Waals surface area contributed by atoms with Gasteiger partial charge in [-0.15, -0.1) is 0 Å². The number of unbranched alkanes of at least 4 members (excludes halogenated alkanes) is 7. The summed E-state index contributed by atoms with van der Waals surface area (Å²) in [6, 6.07) is 8.05. The molecular formula is C27H48N2OSi2. The lowest BCUT2D eigenvalue weighted by Crippen LogP contribution is -2.25. The van der Waals surface area contributed by atoms with E-state index in [1.165, 1.54) is 44.9 Å². The van der Waals surface area contributed by atoms with Crippen molar-refractivity contribution in [2.75, 3.05) is 6.61 Å². The Morgan fingerprint density at radius 2 is 1.34 bits per heavy atom. The highest BCUT2D eigenvalue weighted by Gasteiger charge is 2.14.